The topological polar surface area (TPSA) is 194 Å². The molecule has 15 heteroatoms. The predicted molar refractivity (Wildman–Crippen MR) is 204 cm³/mol. The smallest absolute Gasteiger partial charge is 0.326 e. The van der Waals surface area contributed by atoms with E-state index in [0.29, 0.717) is 40.4 Å². The summed E-state index contributed by atoms with van der Waals surface area (Å²) in [6, 6.07) is 24.7. The van der Waals surface area contributed by atoms with E-state index in [2.05, 4.69) is 16.4 Å². The number of hydrogen-bond donors (Lipinski definition) is 3. The van der Waals surface area contributed by atoms with Gasteiger partial charge in [0.05, 0.1) is 23.9 Å². The van der Waals surface area contributed by atoms with Gasteiger partial charge in [-0.2, -0.15) is 9.57 Å². The van der Waals surface area contributed by atoms with Crippen LogP contribution in [0.1, 0.15) is 46.5 Å². The summed E-state index contributed by atoms with van der Waals surface area (Å²) in [5.74, 6) is -0.423. The van der Waals surface area contributed by atoms with Crippen LogP contribution in [-0.2, 0) is 39.0 Å². The van der Waals surface area contributed by atoms with Crippen LogP contribution in [0.25, 0.3) is 11.1 Å². The maximum absolute atomic E-state index is 14.3. The molecular weight excluding hydrogens is 743 g/mol. The zero-order valence-electron chi connectivity index (χ0n) is 29.9. The van der Waals surface area contributed by atoms with Crippen molar-refractivity contribution in [1.82, 2.24) is 14.6 Å². The quantitative estimate of drug-likeness (QED) is 0.155. The van der Waals surface area contributed by atoms with Gasteiger partial charge in [0.15, 0.2) is 26.9 Å². The molecule has 0 radical (unpaired) electrons. The predicted octanol–water partition coefficient (Wildman–Crippen LogP) is 5.41. The molecule has 0 bridgehead atoms. The fourth-order valence-electron chi connectivity index (χ4n) is 6.74. The van der Waals surface area contributed by atoms with Crippen molar-refractivity contribution >= 4 is 38.4 Å². The molecule has 3 heterocycles. The van der Waals surface area contributed by atoms with Gasteiger partial charge in [0, 0.05) is 13.0 Å². The minimum Gasteiger partial charge on any atom is -0.494 e. The summed E-state index contributed by atoms with van der Waals surface area (Å²) >= 11 is 0.800. The molecule has 0 spiro atoms. The van der Waals surface area contributed by atoms with Crippen molar-refractivity contribution in [2.75, 3.05) is 18.9 Å². The molecule has 0 fully saturated rings. The Morgan fingerprint density at radius 2 is 1.73 bits per heavy atom. The van der Waals surface area contributed by atoms with Crippen LogP contribution >= 0.6 is 11.3 Å². The number of nitrogens with two attached hydrogens (primary N) is 1. The molecule has 1 unspecified atom stereocenters. The molecule has 4 N–H and O–H groups in total. The highest BCUT2D eigenvalue weighted by Crippen LogP contribution is 2.42. The molecule has 0 aliphatic carbocycles. The number of carboxylic acids is 1. The molecule has 13 nitrogen and oxygen atoms in total. The van der Waals surface area contributed by atoms with Gasteiger partial charge >= 0.3 is 5.97 Å². The van der Waals surface area contributed by atoms with Crippen molar-refractivity contribution in [2.45, 2.75) is 55.6 Å². The van der Waals surface area contributed by atoms with Crippen LogP contribution in [0.15, 0.2) is 89.1 Å². The number of hydrogen-bond acceptors (Lipinski definition) is 11. The van der Waals surface area contributed by atoms with E-state index in [1.807, 2.05) is 55.5 Å². The molecule has 1 aromatic heterocycles. The number of anilines is 1. The lowest BCUT2D eigenvalue weighted by Crippen LogP contribution is -2.55. The van der Waals surface area contributed by atoms with Gasteiger partial charge in [0.25, 0.3) is 10.0 Å². The van der Waals surface area contributed by atoms with Gasteiger partial charge in [-0.05, 0) is 90.0 Å². The number of carbonyl (C=O) groups is 2. The SMILES string of the molecule is CCOc1ccc(C2COc3cc4c(cc3O2)CN(S(=O)(=O)c2sc(N)nc2C)[C@H](C(=O)N[C@@H](Cc2ccc(-c3ccc(C#N)cc3)cc2)C(=O)O)C4)cc1. The third-order valence-electron chi connectivity index (χ3n) is 9.55. The maximum atomic E-state index is 14.3. The number of fused-ring (bicyclic) bond motifs is 2. The van der Waals surface area contributed by atoms with Crippen LogP contribution in [0.4, 0.5) is 5.13 Å². The van der Waals surface area contributed by atoms with Gasteiger partial charge in [-0.15, -0.1) is 0 Å². The number of nitriles is 1. The summed E-state index contributed by atoms with van der Waals surface area (Å²) in [5.41, 5.74) is 11.2. The van der Waals surface area contributed by atoms with Gasteiger partial charge in [0.2, 0.25) is 5.91 Å². The minimum absolute atomic E-state index is 0.0521. The second kappa shape index (κ2) is 15.4. The first kappa shape index (κ1) is 37.4. The number of nitrogens with one attached hydrogen (secondary N) is 1. The van der Waals surface area contributed by atoms with E-state index in [4.69, 9.17) is 25.2 Å². The third-order valence-corrected chi connectivity index (χ3v) is 13.0. The Bertz CT molecular complexity index is 2390. The number of carbonyl (C=O) groups excluding carboxylic acids is 1. The third kappa shape index (κ3) is 7.83. The lowest BCUT2D eigenvalue weighted by atomic mass is 9.94. The number of nitrogen functional groups attached to an aromatic ring is 1. The number of aryl methyl sites for hydroxylation is 1. The molecule has 55 heavy (non-hydrogen) atoms. The van der Waals surface area contributed by atoms with Crippen LogP contribution < -0.4 is 25.3 Å². The summed E-state index contributed by atoms with van der Waals surface area (Å²) in [5, 5.41) is 22.0. The van der Waals surface area contributed by atoms with Crippen molar-refractivity contribution in [3.8, 4) is 34.4 Å². The molecule has 3 atom stereocenters. The number of amides is 1. The Hall–Kier alpha value is -5.95. The van der Waals surface area contributed by atoms with Crippen molar-refractivity contribution in [3.05, 3.63) is 118 Å². The second-order valence-electron chi connectivity index (χ2n) is 13.2. The molecule has 2 aliphatic heterocycles. The number of ether oxygens (including phenoxy) is 3. The Kier molecular flexibility index (Phi) is 10.5. The number of nitrogens with zero attached hydrogens (tertiary/aromatic N) is 3. The maximum Gasteiger partial charge on any atom is 0.326 e. The lowest BCUT2D eigenvalue weighted by Gasteiger charge is -2.36. The molecule has 5 aromatic rings. The highest BCUT2D eigenvalue weighted by Gasteiger charge is 2.43. The summed E-state index contributed by atoms with van der Waals surface area (Å²) in [4.78, 5) is 30.8. The van der Waals surface area contributed by atoms with Crippen LogP contribution in [-0.4, -0.2) is 60.0 Å². The number of aromatic nitrogens is 1. The average molecular weight is 780 g/mol. The minimum atomic E-state index is -4.34. The largest absolute Gasteiger partial charge is 0.494 e. The number of rotatable bonds is 11. The summed E-state index contributed by atoms with van der Waals surface area (Å²) in [6.45, 7) is 4.01. The van der Waals surface area contributed by atoms with Crippen molar-refractivity contribution in [1.29, 1.82) is 5.26 Å². The molecule has 0 saturated carbocycles. The summed E-state index contributed by atoms with van der Waals surface area (Å²) < 4.78 is 47.6. The first-order valence-corrected chi connectivity index (χ1v) is 19.7. The van der Waals surface area contributed by atoms with Crippen LogP contribution in [0.2, 0.25) is 0 Å². The van der Waals surface area contributed by atoms with Crippen molar-refractivity contribution in [2.24, 2.45) is 0 Å². The van der Waals surface area contributed by atoms with E-state index >= 15 is 0 Å². The van der Waals surface area contributed by atoms with E-state index in [1.54, 1.807) is 36.4 Å². The zero-order chi connectivity index (χ0) is 38.9. The number of carboxylic acid groups (broad SMARTS) is 1. The van der Waals surface area contributed by atoms with E-state index in [-0.39, 0.29) is 41.0 Å². The molecule has 1 amide bonds. The fraction of sp³-hybridized carbons (Fsp3) is 0.250. The standard InChI is InChI=1S/C40H37N5O8S2/c1-3-51-31-14-12-28(13-15-31)36-22-52-34-18-29-17-33(45(21-30(29)19-35(34)53-36)55(49,50)39-23(2)43-40(42)54-39)37(46)44-32(38(47)48)16-24-4-8-26(9-5-24)27-10-6-25(20-41)7-11-27/h4-15,18-19,32-33,36H,3,16-17,21-22H2,1-2H3,(H2,42,43)(H,44,46)(H,47,48)/t32-,33-,36?/m0/s1. The van der Waals surface area contributed by atoms with Gasteiger partial charge < -0.3 is 30.4 Å². The molecule has 282 valence electrons. The van der Waals surface area contributed by atoms with Gasteiger partial charge in [-0.1, -0.05) is 59.9 Å². The number of benzene rings is 4. The first-order chi connectivity index (χ1) is 26.4. The Labute approximate surface area is 322 Å². The fourth-order valence-corrected chi connectivity index (χ4v) is 9.71. The molecule has 2 aliphatic rings. The first-order valence-electron chi connectivity index (χ1n) is 17.5. The number of thiazole rings is 1. The monoisotopic (exact) mass is 779 g/mol. The summed E-state index contributed by atoms with van der Waals surface area (Å²) in [7, 11) is -4.34. The Balaban J connectivity index is 1.14. The number of sulfonamides is 1. The number of aliphatic carboxylic acids is 1. The van der Waals surface area contributed by atoms with Crippen molar-refractivity contribution in [3.63, 3.8) is 0 Å². The van der Waals surface area contributed by atoms with Crippen LogP contribution in [0.3, 0.4) is 0 Å². The highest BCUT2D eigenvalue weighted by molar-refractivity contribution is 7.91. The van der Waals surface area contributed by atoms with Crippen LogP contribution in [0.5, 0.6) is 17.2 Å². The molecule has 4 aromatic carbocycles. The Morgan fingerprint density at radius 3 is 2.35 bits per heavy atom. The van der Waals surface area contributed by atoms with E-state index in [9.17, 15) is 23.1 Å². The lowest BCUT2D eigenvalue weighted by molar-refractivity contribution is -0.142. The zero-order valence-corrected chi connectivity index (χ0v) is 31.5. The van der Waals surface area contributed by atoms with Gasteiger partial charge in [0.1, 0.15) is 24.4 Å². The van der Waals surface area contributed by atoms with Gasteiger partial charge in [-0.3, -0.25) is 4.79 Å². The molecule has 7 rings (SSSR count). The summed E-state index contributed by atoms with van der Waals surface area (Å²) in [6.07, 6.45) is -0.534. The normalized spacial score (nSPS) is 17.0. The Morgan fingerprint density at radius 1 is 1.05 bits per heavy atom. The van der Waals surface area contributed by atoms with E-state index < -0.39 is 40.1 Å². The van der Waals surface area contributed by atoms with E-state index in [0.717, 1.165) is 38.1 Å². The molecule has 0 saturated heterocycles. The van der Waals surface area contributed by atoms with E-state index in [1.165, 1.54) is 6.92 Å². The highest BCUT2D eigenvalue weighted by atomic mass is 32.2. The second-order valence-corrected chi connectivity index (χ2v) is 16.3. The van der Waals surface area contributed by atoms with Gasteiger partial charge in [-0.25, -0.2) is 18.2 Å². The molecular formula is C40H37N5O8S2. The van der Waals surface area contributed by atoms with Crippen molar-refractivity contribution < 1.29 is 37.3 Å². The average Bonchev–Trinajstić information content (AvgIpc) is 3.54. The van der Waals surface area contributed by atoms with Crippen LogP contribution in [0, 0.1) is 18.3 Å².